The normalized spacial score (nSPS) is 14.8. The maximum atomic E-state index is 6.06. The molecule has 1 aromatic rings. The van der Waals surface area contributed by atoms with Crippen molar-refractivity contribution in [1.29, 1.82) is 0 Å². The summed E-state index contributed by atoms with van der Waals surface area (Å²) >= 11 is 17.9. The number of benzene rings is 1. The fraction of sp³-hybridized carbons (Fsp3) is 0.500. The van der Waals surface area contributed by atoms with E-state index in [1.54, 1.807) is 6.07 Å². The van der Waals surface area contributed by atoms with Crippen LogP contribution in [0, 0.1) is 0 Å². The van der Waals surface area contributed by atoms with E-state index in [9.17, 15) is 0 Å². The first-order chi connectivity index (χ1) is 7.49. The molecule has 0 saturated carbocycles. The van der Waals surface area contributed by atoms with Gasteiger partial charge in [-0.1, -0.05) is 23.2 Å². The first-order valence-electron chi connectivity index (χ1n) is 5.30. The van der Waals surface area contributed by atoms with E-state index < -0.39 is 0 Å². The molecule has 2 unspecified atom stereocenters. The zero-order chi connectivity index (χ0) is 12.1. The molecule has 0 aliphatic carbocycles. The summed E-state index contributed by atoms with van der Waals surface area (Å²) in [6.07, 6.45) is 0.930. The van der Waals surface area contributed by atoms with E-state index in [0.29, 0.717) is 17.6 Å². The van der Waals surface area contributed by atoms with Gasteiger partial charge in [-0.2, -0.15) is 0 Å². The van der Waals surface area contributed by atoms with Crippen LogP contribution < -0.4 is 5.32 Å². The highest BCUT2D eigenvalue weighted by molar-refractivity contribution is 6.33. The fourth-order valence-electron chi connectivity index (χ4n) is 1.53. The predicted molar refractivity (Wildman–Crippen MR) is 72.7 cm³/mol. The van der Waals surface area contributed by atoms with E-state index in [-0.39, 0.29) is 5.38 Å². The Morgan fingerprint density at radius 1 is 1.25 bits per heavy atom. The maximum absolute atomic E-state index is 6.06. The Labute approximate surface area is 112 Å². The number of rotatable bonds is 5. The Morgan fingerprint density at radius 2 is 1.94 bits per heavy atom. The van der Waals surface area contributed by atoms with Crippen LogP contribution >= 0.6 is 34.8 Å². The van der Waals surface area contributed by atoms with Crippen molar-refractivity contribution in [2.45, 2.75) is 38.2 Å². The van der Waals surface area contributed by atoms with E-state index in [0.717, 1.165) is 17.0 Å². The van der Waals surface area contributed by atoms with Gasteiger partial charge in [0.05, 0.1) is 0 Å². The third-order valence-electron chi connectivity index (χ3n) is 2.33. The first kappa shape index (κ1) is 14.1. The van der Waals surface area contributed by atoms with Crippen molar-refractivity contribution in [3.05, 3.63) is 33.8 Å². The summed E-state index contributed by atoms with van der Waals surface area (Å²) in [7, 11) is 0. The largest absolute Gasteiger partial charge is 0.310 e. The van der Waals surface area contributed by atoms with Gasteiger partial charge in [0.1, 0.15) is 0 Å². The first-order valence-corrected chi connectivity index (χ1v) is 6.49. The van der Waals surface area contributed by atoms with Crippen molar-refractivity contribution in [1.82, 2.24) is 5.32 Å². The molecule has 0 bridgehead atoms. The van der Waals surface area contributed by atoms with Crippen LogP contribution in [0.5, 0.6) is 0 Å². The Balaban J connectivity index is 2.51. The molecule has 0 heterocycles. The molecule has 0 aliphatic heterocycles. The topological polar surface area (TPSA) is 12.0 Å². The summed E-state index contributed by atoms with van der Waals surface area (Å²) in [6.45, 7) is 4.81. The lowest BCUT2D eigenvalue weighted by molar-refractivity contribution is 0.511. The number of nitrogens with one attached hydrogen (secondary N) is 1. The minimum atomic E-state index is 0.178. The summed E-state index contributed by atoms with van der Waals surface area (Å²) in [5.74, 6) is 0. The molecule has 16 heavy (non-hydrogen) atoms. The van der Waals surface area contributed by atoms with Crippen LogP contribution in [-0.2, 0) is 6.54 Å². The Kier molecular flexibility index (Phi) is 5.91. The Hall–Kier alpha value is 0.0500. The zero-order valence-electron chi connectivity index (χ0n) is 9.43. The average molecular weight is 281 g/mol. The van der Waals surface area contributed by atoms with E-state index in [2.05, 4.69) is 12.2 Å². The molecule has 0 fully saturated rings. The highest BCUT2D eigenvalue weighted by Gasteiger charge is 2.07. The van der Waals surface area contributed by atoms with Crippen molar-refractivity contribution in [3.63, 3.8) is 0 Å². The second-order valence-electron chi connectivity index (χ2n) is 4.03. The molecule has 1 N–H and O–H groups in total. The summed E-state index contributed by atoms with van der Waals surface area (Å²) in [4.78, 5) is 0. The molecule has 2 atom stereocenters. The third kappa shape index (κ3) is 4.92. The van der Waals surface area contributed by atoms with E-state index in [4.69, 9.17) is 34.8 Å². The maximum Gasteiger partial charge on any atom is 0.0451 e. The molecule has 90 valence electrons. The van der Waals surface area contributed by atoms with Gasteiger partial charge >= 0.3 is 0 Å². The molecule has 0 saturated heterocycles. The van der Waals surface area contributed by atoms with Crippen LogP contribution in [0.2, 0.25) is 10.0 Å². The molecule has 0 spiro atoms. The summed E-state index contributed by atoms with van der Waals surface area (Å²) in [5.41, 5.74) is 1.02. The van der Waals surface area contributed by atoms with Crippen LogP contribution in [0.4, 0.5) is 0 Å². The predicted octanol–water partition coefficient (Wildman–Crippen LogP) is 4.49. The SMILES string of the molecule is CC(Cl)CC(C)NCc1cc(Cl)ccc1Cl. The van der Waals surface area contributed by atoms with E-state index >= 15 is 0 Å². The van der Waals surface area contributed by atoms with Gasteiger partial charge in [-0.3, -0.25) is 0 Å². The minimum absolute atomic E-state index is 0.178. The van der Waals surface area contributed by atoms with Gasteiger partial charge in [-0.05, 0) is 44.0 Å². The van der Waals surface area contributed by atoms with Crippen LogP contribution in [0.1, 0.15) is 25.8 Å². The minimum Gasteiger partial charge on any atom is -0.310 e. The molecule has 0 amide bonds. The average Bonchev–Trinajstić information content (AvgIpc) is 2.18. The second kappa shape index (κ2) is 6.70. The molecule has 1 nitrogen and oxygen atoms in total. The van der Waals surface area contributed by atoms with Crippen LogP contribution in [-0.4, -0.2) is 11.4 Å². The molecular formula is C12H16Cl3N. The third-order valence-corrected chi connectivity index (χ3v) is 3.11. The second-order valence-corrected chi connectivity index (χ2v) is 5.62. The van der Waals surface area contributed by atoms with Crippen LogP contribution in [0.25, 0.3) is 0 Å². The molecule has 1 rings (SSSR count). The lowest BCUT2D eigenvalue weighted by atomic mass is 10.1. The van der Waals surface area contributed by atoms with Gasteiger partial charge in [-0.15, -0.1) is 11.6 Å². The monoisotopic (exact) mass is 279 g/mol. The van der Waals surface area contributed by atoms with Crippen LogP contribution in [0.15, 0.2) is 18.2 Å². The molecule has 1 aromatic carbocycles. The van der Waals surface area contributed by atoms with Gasteiger partial charge in [0.25, 0.3) is 0 Å². The smallest absolute Gasteiger partial charge is 0.0451 e. The molecule has 0 aromatic heterocycles. The van der Waals surface area contributed by atoms with Crippen molar-refractivity contribution in [2.75, 3.05) is 0 Å². The lowest BCUT2D eigenvalue weighted by Gasteiger charge is -2.15. The summed E-state index contributed by atoms with van der Waals surface area (Å²) in [5, 5.41) is 5.00. The van der Waals surface area contributed by atoms with Crippen molar-refractivity contribution < 1.29 is 0 Å². The molecular weight excluding hydrogens is 264 g/mol. The molecule has 4 heteroatoms. The lowest BCUT2D eigenvalue weighted by Crippen LogP contribution is -2.27. The Morgan fingerprint density at radius 3 is 2.56 bits per heavy atom. The highest BCUT2D eigenvalue weighted by Crippen LogP contribution is 2.20. The van der Waals surface area contributed by atoms with Gasteiger partial charge in [0.2, 0.25) is 0 Å². The number of hydrogen-bond donors (Lipinski definition) is 1. The summed E-state index contributed by atoms with van der Waals surface area (Å²) < 4.78 is 0. The summed E-state index contributed by atoms with van der Waals surface area (Å²) in [6, 6.07) is 5.85. The number of halogens is 3. The van der Waals surface area contributed by atoms with Gasteiger partial charge < -0.3 is 5.32 Å². The quantitative estimate of drug-likeness (QED) is 0.784. The van der Waals surface area contributed by atoms with E-state index in [1.165, 1.54) is 0 Å². The molecule has 0 aliphatic rings. The van der Waals surface area contributed by atoms with E-state index in [1.807, 2.05) is 19.1 Å². The number of alkyl halides is 1. The van der Waals surface area contributed by atoms with Crippen molar-refractivity contribution >= 4 is 34.8 Å². The fourth-order valence-corrected chi connectivity index (χ4v) is 2.18. The van der Waals surface area contributed by atoms with Gasteiger partial charge in [-0.25, -0.2) is 0 Å². The molecule has 0 radical (unpaired) electrons. The zero-order valence-corrected chi connectivity index (χ0v) is 11.7. The Bertz CT molecular complexity index is 339. The van der Waals surface area contributed by atoms with Crippen molar-refractivity contribution in [3.8, 4) is 0 Å². The van der Waals surface area contributed by atoms with Gasteiger partial charge in [0.15, 0.2) is 0 Å². The standard InChI is InChI=1S/C12H16Cl3N/c1-8(13)5-9(2)16-7-10-6-11(14)3-4-12(10)15/h3-4,6,8-9,16H,5,7H2,1-2H3. The van der Waals surface area contributed by atoms with Gasteiger partial charge in [0, 0.05) is 28.0 Å². The van der Waals surface area contributed by atoms with Crippen molar-refractivity contribution in [2.24, 2.45) is 0 Å². The van der Waals surface area contributed by atoms with Crippen LogP contribution in [0.3, 0.4) is 0 Å². The highest BCUT2D eigenvalue weighted by atomic mass is 35.5. The number of hydrogen-bond acceptors (Lipinski definition) is 1.